The molecule has 0 bridgehead atoms. The van der Waals surface area contributed by atoms with Gasteiger partial charge in [-0.3, -0.25) is 4.79 Å². The third-order valence-electron chi connectivity index (χ3n) is 7.30. The van der Waals surface area contributed by atoms with Crippen molar-refractivity contribution in [3.63, 3.8) is 0 Å². The standard InChI is InChI=1S/C24H33ClN6OS/c1-29(2)23-27-24(33-28-23)31-13-9-17(10-14-31)16-7-11-30(12-8-16)19-5-6-20(21(25)15-19)22(32)26-18-3-4-18/h5-6,15-18H,3-4,7-14H2,1-2H3,(H,26,32). The first-order valence-corrected chi connectivity index (χ1v) is 13.2. The molecule has 9 heteroatoms. The van der Waals surface area contributed by atoms with E-state index in [1.165, 1.54) is 37.2 Å². The van der Waals surface area contributed by atoms with Crippen LogP contribution in [0, 0.1) is 11.8 Å². The summed E-state index contributed by atoms with van der Waals surface area (Å²) < 4.78 is 4.45. The molecule has 1 saturated carbocycles. The van der Waals surface area contributed by atoms with E-state index in [4.69, 9.17) is 11.6 Å². The minimum absolute atomic E-state index is 0.0504. The molecule has 2 aliphatic heterocycles. The van der Waals surface area contributed by atoms with Gasteiger partial charge in [-0.05, 0) is 68.6 Å². The van der Waals surface area contributed by atoms with Gasteiger partial charge in [0.1, 0.15) is 0 Å². The Bertz CT molecular complexity index is 977. The van der Waals surface area contributed by atoms with E-state index in [1.54, 1.807) is 0 Å². The first-order chi connectivity index (χ1) is 16.0. The lowest BCUT2D eigenvalue weighted by Crippen LogP contribution is -2.41. The molecule has 1 aromatic carbocycles. The fourth-order valence-electron chi connectivity index (χ4n) is 5.09. The van der Waals surface area contributed by atoms with Crippen molar-refractivity contribution < 1.29 is 4.79 Å². The van der Waals surface area contributed by atoms with Gasteiger partial charge in [-0.25, -0.2) is 0 Å². The van der Waals surface area contributed by atoms with E-state index < -0.39 is 0 Å². The zero-order chi connectivity index (χ0) is 22.9. The van der Waals surface area contributed by atoms with Gasteiger partial charge in [-0.1, -0.05) is 11.6 Å². The van der Waals surface area contributed by atoms with Crippen LogP contribution in [0.1, 0.15) is 48.9 Å². The molecule has 7 nitrogen and oxygen atoms in total. The van der Waals surface area contributed by atoms with Crippen molar-refractivity contribution in [3.05, 3.63) is 28.8 Å². The Hall–Kier alpha value is -2.06. The minimum Gasteiger partial charge on any atom is -0.371 e. The highest BCUT2D eigenvalue weighted by Gasteiger charge is 2.31. The average molecular weight is 489 g/mol. The van der Waals surface area contributed by atoms with Crippen molar-refractivity contribution in [1.82, 2.24) is 14.7 Å². The Morgan fingerprint density at radius 3 is 2.21 bits per heavy atom. The number of rotatable bonds is 6. The molecule has 0 radical (unpaired) electrons. The zero-order valence-corrected chi connectivity index (χ0v) is 21.0. The summed E-state index contributed by atoms with van der Waals surface area (Å²) >= 11 is 7.99. The molecule has 5 rings (SSSR count). The van der Waals surface area contributed by atoms with Gasteiger partial charge < -0.3 is 20.0 Å². The predicted octanol–water partition coefficient (Wildman–Crippen LogP) is 4.28. The molecule has 3 fully saturated rings. The summed E-state index contributed by atoms with van der Waals surface area (Å²) in [7, 11) is 3.97. The number of anilines is 3. The number of carbonyl (C=O) groups is 1. The molecule has 1 amide bonds. The quantitative estimate of drug-likeness (QED) is 0.654. The Morgan fingerprint density at radius 2 is 1.67 bits per heavy atom. The number of amides is 1. The van der Waals surface area contributed by atoms with Crippen molar-refractivity contribution in [2.45, 2.75) is 44.6 Å². The summed E-state index contributed by atoms with van der Waals surface area (Å²) in [6.45, 7) is 4.26. The maximum atomic E-state index is 12.3. The molecule has 1 aromatic heterocycles. The molecule has 0 spiro atoms. The van der Waals surface area contributed by atoms with Crippen LogP contribution in [0.4, 0.5) is 16.8 Å². The van der Waals surface area contributed by atoms with Gasteiger partial charge in [-0.2, -0.15) is 9.36 Å². The van der Waals surface area contributed by atoms with Gasteiger partial charge in [-0.15, -0.1) is 0 Å². The number of nitrogens with zero attached hydrogens (tertiary/aromatic N) is 5. The van der Waals surface area contributed by atoms with E-state index in [1.807, 2.05) is 31.1 Å². The summed E-state index contributed by atoms with van der Waals surface area (Å²) in [5, 5.41) is 4.63. The molecular weight excluding hydrogens is 456 g/mol. The largest absolute Gasteiger partial charge is 0.371 e. The van der Waals surface area contributed by atoms with Crippen LogP contribution in [0.2, 0.25) is 5.02 Å². The third kappa shape index (κ3) is 5.22. The van der Waals surface area contributed by atoms with E-state index in [0.717, 1.165) is 67.6 Å². The summed E-state index contributed by atoms with van der Waals surface area (Å²) in [6.07, 6.45) is 7.06. The Balaban J connectivity index is 1.11. The van der Waals surface area contributed by atoms with E-state index in [9.17, 15) is 4.79 Å². The van der Waals surface area contributed by atoms with Crippen LogP contribution in [0.3, 0.4) is 0 Å². The van der Waals surface area contributed by atoms with Crippen molar-refractivity contribution in [2.24, 2.45) is 11.8 Å². The summed E-state index contributed by atoms with van der Waals surface area (Å²) in [4.78, 5) is 23.8. The Kier molecular flexibility index (Phi) is 6.65. The smallest absolute Gasteiger partial charge is 0.253 e. The van der Waals surface area contributed by atoms with Crippen LogP contribution in [-0.4, -0.2) is 61.6 Å². The number of nitrogens with one attached hydrogen (secondary N) is 1. The molecule has 3 heterocycles. The van der Waals surface area contributed by atoms with Crippen LogP contribution in [0.15, 0.2) is 18.2 Å². The highest BCUT2D eigenvalue weighted by atomic mass is 35.5. The van der Waals surface area contributed by atoms with E-state index in [0.29, 0.717) is 16.6 Å². The highest BCUT2D eigenvalue weighted by Crippen LogP contribution is 2.36. The third-order valence-corrected chi connectivity index (χ3v) is 8.38. The second kappa shape index (κ2) is 9.66. The SMILES string of the molecule is CN(C)c1nsc(N2CCC(C3CCN(c4ccc(C(=O)NC5CC5)c(Cl)c4)CC3)CC2)n1. The molecular formula is C24H33ClN6OS. The van der Waals surface area contributed by atoms with Gasteiger partial charge in [0.2, 0.25) is 11.1 Å². The Labute approximate surface area is 205 Å². The van der Waals surface area contributed by atoms with Crippen molar-refractivity contribution in [1.29, 1.82) is 0 Å². The number of piperidine rings is 2. The van der Waals surface area contributed by atoms with Crippen LogP contribution in [0.5, 0.6) is 0 Å². The van der Waals surface area contributed by atoms with E-state index in [-0.39, 0.29) is 5.91 Å². The molecule has 2 aromatic rings. The first kappa shape index (κ1) is 22.7. The molecule has 178 valence electrons. The van der Waals surface area contributed by atoms with Crippen LogP contribution < -0.4 is 20.0 Å². The zero-order valence-electron chi connectivity index (χ0n) is 19.5. The van der Waals surface area contributed by atoms with Crippen LogP contribution >= 0.6 is 23.1 Å². The normalized spacial score (nSPS) is 20.2. The number of aromatic nitrogens is 2. The lowest BCUT2D eigenvalue weighted by molar-refractivity contribution is 0.0951. The molecule has 2 saturated heterocycles. The average Bonchev–Trinajstić information content (AvgIpc) is 3.49. The van der Waals surface area contributed by atoms with Gasteiger partial charge in [0.25, 0.3) is 5.91 Å². The molecule has 1 aliphatic carbocycles. The lowest BCUT2D eigenvalue weighted by Gasteiger charge is -2.40. The van der Waals surface area contributed by atoms with E-state index in [2.05, 4.69) is 30.5 Å². The number of carbonyl (C=O) groups excluding carboxylic acids is 1. The predicted molar refractivity (Wildman–Crippen MR) is 136 cm³/mol. The number of benzene rings is 1. The summed E-state index contributed by atoms with van der Waals surface area (Å²) in [5.41, 5.74) is 1.71. The maximum Gasteiger partial charge on any atom is 0.253 e. The van der Waals surface area contributed by atoms with Crippen LogP contribution in [0.25, 0.3) is 0 Å². The first-order valence-electron chi connectivity index (χ1n) is 12.1. The van der Waals surface area contributed by atoms with Gasteiger partial charge in [0, 0.05) is 63.5 Å². The second-order valence-corrected chi connectivity index (χ2v) is 11.0. The molecule has 33 heavy (non-hydrogen) atoms. The molecule has 0 atom stereocenters. The molecule has 3 aliphatic rings. The van der Waals surface area contributed by atoms with Crippen LogP contribution in [-0.2, 0) is 0 Å². The second-order valence-electron chi connectivity index (χ2n) is 9.83. The minimum atomic E-state index is -0.0504. The fraction of sp³-hybridized carbons (Fsp3) is 0.625. The highest BCUT2D eigenvalue weighted by molar-refractivity contribution is 7.09. The summed E-state index contributed by atoms with van der Waals surface area (Å²) in [6, 6.07) is 6.24. The van der Waals surface area contributed by atoms with Gasteiger partial charge in [0.15, 0.2) is 0 Å². The van der Waals surface area contributed by atoms with E-state index >= 15 is 0 Å². The lowest BCUT2D eigenvalue weighted by atomic mass is 9.79. The number of hydrogen-bond acceptors (Lipinski definition) is 7. The van der Waals surface area contributed by atoms with Crippen molar-refractivity contribution >= 4 is 45.8 Å². The van der Waals surface area contributed by atoms with Gasteiger partial charge in [0.05, 0.1) is 10.6 Å². The van der Waals surface area contributed by atoms with Gasteiger partial charge >= 0.3 is 0 Å². The maximum absolute atomic E-state index is 12.3. The summed E-state index contributed by atoms with van der Waals surface area (Å²) in [5.74, 6) is 2.34. The molecule has 0 unspecified atom stereocenters. The van der Waals surface area contributed by atoms with Crippen molar-refractivity contribution in [2.75, 3.05) is 55.0 Å². The number of hydrogen-bond donors (Lipinski definition) is 1. The van der Waals surface area contributed by atoms with Crippen molar-refractivity contribution in [3.8, 4) is 0 Å². The monoisotopic (exact) mass is 488 g/mol. The fourth-order valence-corrected chi connectivity index (χ4v) is 6.13. The number of halogens is 1. The molecule has 1 N–H and O–H groups in total. The Morgan fingerprint density at radius 1 is 1.03 bits per heavy atom. The topological polar surface area (TPSA) is 64.6 Å².